The molecule has 0 aliphatic carbocycles. The lowest BCUT2D eigenvalue weighted by atomic mass is 10.2. The maximum atomic E-state index is 10.1. The van der Waals surface area contributed by atoms with Crippen LogP contribution in [-0.4, -0.2) is 16.5 Å². The number of para-hydroxylation sites is 2. The Morgan fingerprint density at radius 2 is 1.69 bits per heavy atom. The SMILES string of the molecule is CCN1/C(=C(\C#N)c2nc(C#N)c(C#N)nc2Sc2ccc(C)cc2)Nc2ccccc21. The van der Waals surface area contributed by atoms with Crippen molar-refractivity contribution in [2.75, 3.05) is 16.8 Å². The number of anilines is 2. The van der Waals surface area contributed by atoms with Crippen molar-refractivity contribution in [3.8, 4) is 18.2 Å². The molecule has 0 radical (unpaired) electrons. The first kappa shape index (κ1) is 20.9. The Morgan fingerprint density at radius 1 is 1.00 bits per heavy atom. The number of aromatic nitrogens is 2. The average molecular weight is 436 g/mol. The Balaban J connectivity index is 1.92. The lowest BCUT2D eigenvalue weighted by Crippen LogP contribution is -2.22. The molecule has 0 fully saturated rings. The van der Waals surface area contributed by atoms with Crippen LogP contribution in [0.25, 0.3) is 5.57 Å². The maximum Gasteiger partial charge on any atom is 0.178 e. The largest absolute Gasteiger partial charge is 0.339 e. The van der Waals surface area contributed by atoms with Crippen molar-refractivity contribution in [2.24, 2.45) is 0 Å². The summed E-state index contributed by atoms with van der Waals surface area (Å²) in [5.74, 6) is 0.574. The number of hydrogen-bond donors (Lipinski definition) is 1. The van der Waals surface area contributed by atoms with E-state index in [1.54, 1.807) is 0 Å². The summed E-state index contributed by atoms with van der Waals surface area (Å²) >= 11 is 1.30. The number of fused-ring (bicyclic) bond motifs is 1. The number of rotatable bonds is 4. The normalized spacial score (nSPS) is 13.4. The summed E-state index contributed by atoms with van der Waals surface area (Å²) < 4.78 is 0. The summed E-state index contributed by atoms with van der Waals surface area (Å²) in [7, 11) is 0. The van der Waals surface area contributed by atoms with E-state index in [4.69, 9.17) is 0 Å². The van der Waals surface area contributed by atoms with Crippen LogP contribution in [0.2, 0.25) is 0 Å². The van der Waals surface area contributed by atoms with Gasteiger partial charge in [0.25, 0.3) is 0 Å². The number of nitrogens with one attached hydrogen (secondary N) is 1. The van der Waals surface area contributed by atoms with Gasteiger partial charge in [-0.3, -0.25) is 0 Å². The van der Waals surface area contributed by atoms with Crippen molar-refractivity contribution in [1.82, 2.24) is 9.97 Å². The topological polar surface area (TPSA) is 112 Å². The van der Waals surface area contributed by atoms with Crippen LogP contribution in [0.1, 0.15) is 29.6 Å². The molecule has 1 aromatic heterocycles. The van der Waals surface area contributed by atoms with Crippen molar-refractivity contribution >= 4 is 28.7 Å². The van der Waals surface area contributed by atoms with E-state index >= 15 is 0 Å². The van der Waals surface area contributed by atoms with Crippen molar-refractivity contribution in [3.63, 3.8) is 0 Å². The number of hydrogen-bond acceptors (Lipinski definition) is 8. The molecule has 0 atom stereocenters. The Hall–Kier alpha value is -4.32. The minimum atomic E-state index is -0.109. The van der Waals surface area contributed by atoms with Gasteiger partial charge in [-0.2, -0.15) is 15.8 Å². The van der Waals surface area contributed by atoms with E-state index in [9.17, 15) is 15.8 Å². The number of allylic oxidation sites excluding steroid dienone is 1. The standard InChI is InChI=1S/C24H17N7S/c1-3-31-21-7-5-4-6-18(21)29-23(31)17(12-25)22-24(30-20(14-27)19(13-26)28-22)32-16-10-8-15(2)9-11-16/h4-11,29H,3H2,1-2H3/b23-17+. The van der Waals surface area contributed by atoms with Crippen LogP contribution in [0, 0.1) is 40.9 Å². The molecule has 0 spiro atoms. The summed E-state index contributed by atoms with van der Waals surface area (Å²) in [6, 6.07) is 21.7. The van der Waals surface area contributed by atoms with Gasteiger partial charge < -0.3 is 10.2 Å². The van der Waals surface area contributed by atoms with Crippen LogP contribution in [0.5, 0.6) is 0 Å². The predicted octanol–water partition coefficient (Wildman–Crippen LogP) is 4.82. The van der Waals surface area contributed by atoms with E-state index in [0.29, 0.717) is 17.4 Å². The number of aryl methyl sites for hydroxylation is 1. The summed E-state index contributed by atoms with van der Waals surface area (Å²) in [5, 5.41) is 32.8. The van der Waals surface area contributed by atoms with Gasteiger partial charge in [-0.15, -0.1) is 0 Å². The lowest BCUT2D eigenvalue weighted by Gasteiger charge is -2.19. The third-order valence-electron chi connectivity index (χ3n) is 4.93. The number of benzene rings is 2. The minimum absolute atomic E-state index is 0.0665. The molecular formula is C24H17N7S. The molecule has 3 aromatic rings. The van der Waals surface area contributed by atoms with E-state index in [1.165, 1.54) is 11.8 Å². The molecule has 0 saturated heterocycles. The second-order valence-electron chi connectivity index (χ2n) is 6.94. The highest BCUT2D eigenvalue weighted by Gasteiger charge is 2.29. The van der Waals surface area contributed by atoms with E-state index in [1.807, 2.05) is 79.4 Å². The molecule has 8 heteroatoms. The Morgan fingerprint density at radius 3 is 2.34 bits per heavy atom. The Labute approximate surface area is 190 Å². The van der Waals surface area contributed by atoms with E-state index in [0.717, 1.165) is 21.8 Å². The van der Waals surface area contributed by atoms with Gasteiger partial charge in [0.2, 0.25) is 0 Å². The summed E-state index contributed by atoms with van der Waals surface area (Å²) in [5.41, 5.74) is 3.29. The molecule has 1 aliphatic heterocycles. The third-order valence-corrected chi connectivity index (χ3v) is 5.92. The third kappa shape index (κ3) is 3.74. The lowest BCUT2D eigenvalue weighted by molar-refractivity contribution is 0.967. The van der Waals surface area contributed by atoms with Gasteiger partial charge in [-0.1, -0.05) is 41.6 Å². The molecule has 0 amide bonds. The van der Waals surface area contributed by atoms with Gasteiger partial charge in [-0.25, -0.2) is 9.97 Å². The molecule has 32 heavy (non-hydrogen) atoms. The van der Waals surface area contributed by atoms with E-state index in [-0.39, 0.29) is 22.7 Å². The smallest absolute Gasteiger partial charge is 0.178 e. The first-order valence-corrected chi connectivity index (χ1v) is 10.7. The molecule has 2 heterocycles. The highest BCUT2D eigenvalue weighted by atomic mass is 32.2. The number of nitrogens with zero attached hydrogens (tertiary/aromatic N) is 6. The molecule has 1 N–H and O–H groups in total. The van der Waals surface area contributed by atoms with Gasteiger partial charge in [0.15, 0.2) is 11.4 Å². The van der Waals surface area contributed by atoms with Crippen LogP contribution in [-0.2, 0) is 0 Å². The van der Waals surface area contributed by atoms with Crippen LogP contribution in [0.15, 0.2) is 64.3 Å². The zero-order valence-corrected chi connectivity index (χ0v) is 18.2. The van der Waals surface area contributed by atoms with Gasteiger partial charge in [0.1, 0.15) is 40.3 Å². The van der Waals surface area contributed by atoms with Crippen LogP contribution in [0.4, 0.5) is 11.4 Å². The second-order valence-corrected chi connectivity index (χ2v) is 8.00. The fourth-order valence-electron chi connectivity index (χ4n) is 3.40. The summed E-state index contributed by atoms with van der Waals surface area (Å²) in [4.78, 5) is 11.7. The summed E-state index contributed by atoms with van der Waals surface area (Å²) in [6.07, 6.45) is 0. The molecule has 0 bridgehead atoms. The van der Waals surface area contributed by atoms with Gasteiger partial charge >= 0.3 is 0 Å². The molecule has 7 nitrogen and oxygen atoms in total. The maximum absolute atomic E-state index is 10.1. The molecule has 2 aromatic carbocycles. The first-order valence-electron chi connectivity index (χ1n) is 9.84. The van der Waals surface area contributed by atoms with Gasteiger partial charge in [-0.05, 0) is 38.1 Å². The van der Waals surface area contributed by atoms with E-state index in [2.05, 4.69) is 21.4 Å². The van der Waals surface area contributed by atoms with Crippen molar-refractivity contribution in [1.29, 1.82) is 15.8 Å². The van der Waals surface area contributed by atoms with Crippen LogP contribution < -0.4 is 10.2 Å². The zero-order valence-electron chi connectivity index (χ0n) is 17.4. The van der Waals surface area contributed by atoms with Gasteiger partial charge in [0, 0.05) is 11.4 Å². The minimum Gasteiger partial charge on any atom is -0.339 e. The molecular weight excluding hydrogens is 418 g/mol. The van der Waals surface area contributed by atoms with Crippen LogP contribution >= 0.6 is 11.8 Å². The molecule has 0 unspecified atom stereocenters. The highest BCUT2D eigenvalue weighted by molar-refractivity contribution is 7.99. The zero-order chi connectivity index (χ0) is 22.7. The second kappa shape index (κ2) is 8.81. The monoisotopic (exact) mass is 435 g/mol. The number of nitriles is 3. The van der Waals surface area contributed by atoms with E-state index < -0.39 is 0 Å². The Bertz CT molecular complexity index is 1360. The fraction of sp³-hybridized carbons (Fsp3) is 0.125. The molecule has 4 rings (SSSR count). The van der Waals surface area contributed by atoms with Crippen molar-refractivity contribution < 1.29 is 0 Å². The quantitative estimate of drug-likeness (QED) is 0.580. The predicted molar refractivity (Wildman–Crippen MR) is 122 cm³/mol. The highest BCUT2D eigenvalue weighted by Crippen LogP contribution is 2.40. The molecule has 1 aliphatic rings. The Kier molecular flexibility index (Phi) is 5.77. The van der Waals surface area contributed by atoms with Crippen molar-refractivity contribution in [3.05, 3.63) is 77.0 Å². The average Bonchev–Trinajstić information content (AvgIpc) is 3.19. The van der Waals surface area contributed by atoms with Crippen molar-refractivity contribution in [2.45, 2.75) is 23.8 Å². The first-order chi connectivity index (χ1) is 15.6. The van der Waals surface area contributed by atoms with Gasteiger partial charge in [0.05, 0.1) is 11.4 Å². The fourth-order valence-corrected chi connectivity index (χ4v) is 4.28. The molecule has 154 valence electrons. The van der Waals surface area contributed by atoms with Crippen LogP contribution in [0.3, 0.4) is 0 Å². The summed E-state index contributed by atoms with van der Waals surface area (Å²) in [6.45, 7) is 4.61. The molecule has 0 saturated carbocycles.